The molecule has 0 saturated carbocycles. The van der Waals surface area contributed by atoms with Crippen molar-refractivity contribution < 1.29 is 4.74 Å². The maximum absolute atomic E-state index is 5.56. The summed E-state index contributed by atoms with van der Waals surface area (Å²) in [6.07, 6.45) is 2.29. The summed E-state index contributed by atoms with van der Waals surface area (Å²) < 4.78 is 5.56. The molecule has 1 rings (SSSR count). The van der Waals surface area contributed by atoms with Crippen LogP contribution in [-0.4, -0.2) is 17.6 Å². The summed E-state index contributed by atoms with van der Waals surface area (Å²) in [4.78, 5) is 4.55. The lowest BCUT2D eigenvalue weighted by molar-refractivity contribution is 0.115. The van der Waals surface area contributed by atoms with E-state index in [1.54, 1.807) is 0 Å². The number of ether oxygens (including phenoxy) is 1. The van der Waals surface area contributed by atoms with Crippen LogP contribution in [0, 0.1) is 0 Å². The molecule has 0 radical (unpaired) electrons. The lowest BCUT2D eigenvalue weighted by Gasteiger charge is -2.09. The van der Waals surface area contributed by atoms with Crippen molar-refractivity contribution in [2.45, 2.75) is 52.8 Å². The van der Waals surface area contributed by atoms with E-state index in [0.717, 1.165) is 31.0 Å². The number of unbranched alkanes of at least 4 members (excludes halogenated alkanes) is 1. The van der Waals surface area contributed by atoms with E-state index in [-0.39, 0.29) is 0 Å². The number of rotatable bonds is 8. The molecule has 0 spiro atoms. The monoisotopic (exact) mass is 236 g/mol. The zero-order valence-corrected chi connectivity index (χ0v) is 11.2. The molecule has 3 heteroatoms. The van der Waals surface area contributed by atoms with Crippen LogP contribution in [0.2, 0.25) is 0 Å². The van der Waals surface area contributed by atoms with Gasteiger partial charge in [0.1, 0.15) is 0 Å². The molecular weight excluding hydrogens is 212 g/mol. The fraction of sp³-hybridized carbons (Fsp3) is 0.643. The van der Waals surface area contributed by atoms with Gasteiger partial charge in [0.25, 0.3) is 0 Å². The fourth-order valence-electron chi connectivity index (χ4n) is 1.44. The predicted octanol–water partition coefficient (Wildman–Crippen LogP) is 2.90. The summed E-state index contributed by atoms with van der Waals surface area (Å²) in [5.74, 6) is 0. The fourth-order valence-corrected chi connectivity index (χ4v) is 1.44. The number of nitrogens with zero attached hydrogens (tertiary/aromatic N) is 1. The molecule has 17 heavy (non-hydrogen) atoms. The van der Waals surface area contributed by atoms with E-state index in [4.69, 9.17) is 4.74 Å². The average Bonchev–Trinajstić information content (AvgIpc) is 2.33. The van der Waals surface area contributed by atoms with Crippen LogP contribution in [0.5, 0.6) is 0 Å². The SMILES string of the molecule is CCCCOCc1cccc(CNC(C)C)n1. The highest BCUT2D eigenvalue weighted by Gasteiger charge is 1.99. The topological polar surface area (TPSA) is 34.1 Å². The summed E-state index contributed by atoms with van der Waals surface area (Å²) in [5, 5.41) is 3.36. The van der Waals surface area contributed by atoms with E-state index in [2.05, 4.69) is 31.1 Å². The first-order valence-electron chi connectivity index (χ1n) is 6.48. The van der Waals surface area contributed by atoms with Gasteiger partial charge in [0.15, 0.2) is 0 Å². The van der Waals surface area contributed by atoms with Crippen molar-refractivity contribution in [2.24, 2.45) is 0 Å². The molecule has 0 bridgehead atoms. The Morgan fingerprint density at radius 2 is 2.06 bits per heavy atom. The van der Waals surface area contributed by atoms with Gasteiger partial charge in [-0.05, 0) is 18.6 Å². The molecule has 0 fully saturated rings. The molecule has 96 valence electrons. The summed E-state index contributed by atoms with van der Waals surface area (Å²) in [5.41, 5.74) is 2.10. The third-order valence-electron chi connectivity index (χ3n) is 2.45. The van der Waals surface area contributed by atoms with Crippen molar-refractivity contribution >= 4 is 0 Å². The minimum atomic E-state index is 0.487. The zero-order valence-electron chi connectivity index (χ0n) is 11.2. The standard InChI is InChI=1S/C14H24N2O/c1-4-5-9-17-11-14-8-6-7-13(16-14)10-15-12(2)3/h6-8,12,15H,4-5,9-11H2,1-3H3. The predicted molar refractivity (Wildman–Crippen MR) is 70.8 cm³/mol. The van der Waals surface area contributed by atoms with Crippen molar-refractivity contribution in [3.05, 3.63) is 29.6 Å². The van der Waals surface area contributed by atoms with Gasteiger partial charge in [0.05, 0.1) is 18.0 Å². The first kappa shape index (κ1) is 14.1. The number of hydrogen-bond donors (Lipinski definition) is 1. The number of hydrogen-bond acceptors (Lipinski definition) is 3. The van der Waals surface area contributed by atoms with Gasteiger partial charge >= 0.3 is 0 Å². The quantitative estimate of drug-likeness (QED) is 0.705. The molecule has 0 aliphatic carbocycles. The van der Waals surface area contributed by atoms with Crippen molar-refractivity contribution in [1.29, 1.82) is 0 Å². The Kier molecular flexibility index (Phi) is 6.82. The largest absolute Gasteiger partial charge is 0.375 e. The van der Waals surface area contributed by atoms with E-state index < -0.39 is 0 Å². The number of pyridine rings is 1. The molecule has 1 heterocycles. The Morgan fingerprint density at radius 1 is 1.29 bits per heavy atom. The molecule has 0 atom stereocenters. The summed E-state index contributed by atoms with van der Waals surface area (Å²) in [6.45, 7) is 8.71. The van der Waals surface area contributed by atoms with Crippen LogP contribution in [0.4, 0.5) is 0 Å². The average molecular weight is 236 g/mol. The normalized spacial score (nSPS) is 11.1. The summed E-state index contributed by atoms with van der Waals surface area (Å²) in [7, 11) is 0. The molecule has 0 aliphatic rings. The maximum atomic E-state index is 5.56. The lowest BCUT2D eigenvalue weighted by atomic mass is 10.3. The van der Waals surface area contributed by atoms with E-state index >= 15 is 0 Å². The lowest BCUT2D eigenvalue weighted by Crippen LogP contribution is -2.22. The first-order chi connectivity index (χ1) is 8.22. The van der Waals surface area contributed by atoms with Crippen molar-refractivity contribution in [1.82, 2.24) is 10.3 Å². The van der Waals surface area contributed by atoms with Crippen molar-refractivity contribution in [3.8, 4) is 0 Å². The van der Waals surface area contributed by atoms with Crippen LogP contribution in [0.15, 0.2) is 18.2 Å². The highest BCUT2D eigenvalue weighted by Crippen LogP contribution is 2.02. The van der Waals surface area contributed by atoms with Crippen LogP contribution in [-0.2, 0) is 17.9 Å². The minimum absolute atomic E-state index is 0.487. The Balaban J connectivity index is 2.37. The van der Waals surface area contributed by atoms with Crippen LogP contribution in [0.25, 0.3) is 0 Å². The highest BCUT2D eigenvalue weighted by atomic mass is 16.5. The van der Waals surface area contributed by atoms with Crippen LogP contribution in [0.1, 0.15) is 45.0 Å². The third-order valence-corrected chi connectivity index (χ3v) is 2.45. The van der Waals surface area contributed by atoms with Crippen LogP contribution in [0.3, 0.4) is 0 Å². The third kappa shape index (κ3) is 6.39. The maximum Gasteiger partial charge on any atom is 0.0887 e. The molecule has 3 nitrogen and oxygen atoms in total. The Hall–Kier alpha value is -0.930. The second-order valence-electron chi connectivity index (χ2n) is 4.56. The molecule has 1 aromatic heterocycles. The van der Waals surface area contributed by atoms with Gasteiger partial charge < -0.3 is 10.1 Å². The van der Waals surface area contributed by atoms with E-state index in [0.29, 0.717) is 12.6 Å². The van der Waals surface area contributed by atoms with E-state index in [1.807, 2.05) is 18.2 Å². The van der Waals surface area contributed by atoms with Gasteiger partial charge in [0.2, 0.25) is 0 Å². The van der Waals surface area contributed by atoms with Crippen molar-refractivity contribution in [3.63, 3.8) is 0 Å². The molecule has 0 aromatic carbocycles. The summed E-state index contributed by atoms with van der Waals surface area (Å²) in [6, 6.07) is 6.60. The Morgan fingerprint density at radius 3 is 2.76 bits per heavy atom. The van der Waals surface area contributed by atoms with Gasteiger partial charge in [0, 0.05) is 19.2 Å². The second-order valence-corrected chi connectivity index (χ2v) is 4.56. The van der Waals surface area contributed by atoms with Gasteiger partial charge in [-0.15, -0.1) is 0 Å². The molecule has 0 saturated heterocycles. The Bertz CT molecular complexity index is 313. The second kappa shape index (κ2) is 8.20. The van der Waals surface area contributed by atoms with Crippen LogP contribution < -0.4 is 5.32 Å². The minimum Gasteiger partial charge on any atom is -0.375 e. The molecule has 1 aromatic rings. The highest BCUT2D eigenvalue weighted by molar-refractivity contribution is 5.10. The molecule has 0 amide bonds. The zero-order chi connectivity index (χ0) is 12.5. The number of nitrogens with one attached hydrogen (secondary N) is 1. The Labute approximate surface area is 105 Å². The van der Waals surface area contributed by atoms with Crippen molar-refractivity contribution in [2.75, 3.05) is 6.61 Å². The molecule has 0 unspecified atom stereocenters. The van der Waals surface area contributed by atoms with Gasteiger partial charge in [-0.2, -0.15) is 0 Å². The molecule has 0 aliphatic heterocycles. The molecule has 1 N–H and O–H groups in total. The van der Waals surface area contributed by atoms with E-state index in [1.165, 1.54) is 6.42 Å². The van der Waals surface area contributed by atoms with E-state index in [9.17, 15) is 0 Å². The van der Waals surface area contributed by atoms with Crippen LogP contribution >= 0.6 is 0 Å². The van der Waals surface area contributed by atoms with Gasteiger partial charge in [-0.3, -0.25) is 4.98 Å². The van der Waals surface area contributed by atoms with Gasteiger partial charge in [-0.25, -0.2) is 0 Å². The summed E-state index contributed by atoms with van der Waals surface area (Å²) >= 11 is 0. The molecular formula is C14H24N2O. The van der Waals surface area contributed by atoms with Gasteiger partial charge in [-0.1, -0.05) is 33.3 Å². The first-order valence-corrected chi connectivity index (χ1v) is 6.48. The smallest absolute Gasteiger partial charge is 0.0887 e. The number of aromatic nitrogens is 1.